The minimum absolute atomic E-state index is 0.768. The lowest BCUT2D eigenvalue weighted by Gasteiger charge is -2.34. The van der Waals surface area contributed by atoms with Crippen LogP contribution in [0.2, 0.25) is 0 Å². The van der Waals surface area contributed by atoms with E-state index in [0.717, 1.165) is 61.6 Å². The Morgan fingerprint density at radius 2 is 2.00 bits per heavy atom. The standard InChI is InChI=1S/C19H24N6/c1-14-10-15(11-16-19(14)23-5-4-22-16)12-24-17-13-21-3-2-18(17)25-8-6-20-7-9-25/h2,4-5,10-11,13,20-21,24H,3,6-9,12H2,1H3. The summed E-state index contributed by atoms with van der Waals surface area (Å²) < 4.78 is 0. The smallest absolute Gasteiger partial charge is 0.0916 e. The molecule has 2 aliphatic heterocycles. The fourth-order valence-electron chi connectivity index (χ4n) is 3.47. The highest BCUT2D eigenvalue weighted by Gasteiger charge is 2.18. The maximum absolute atomic E-state index is 4.44. The summed E-state index contributed by atoms with van der Waals surface area (Å²) in [4.78, 5) is 11.3. The second kappa shape index (κ2) is 7.11. The molecule has 1 aromatic carbocycles. The molecule has 0 radical (unpaired) electrons. The molecule has 0 aliphatic carbocycles. The number of hydrogen-bond donors (Lipinski definition) is 3. The minimum atomic E-state index is 0.768. The lowest BCUT2D eigenvalue weighted by atomic mass is 10.1. The van der Waals surface area contributed by atoms with Gasteiger partial charge in [0.05, 0.1) is 22.4 Å². The molecule has 6 heteroatoms. The van der Waals surface area contributed by atoms with Gasteiger partial charge in [0.2, 0.25) is 0 Å². The van der Waals surface area contributed by atoms with E-state index in [-0.39, 0.29) is 0 Å². The van der Waals surface area contributed by atoms with Crippen LogP contribution in [0.4, 0.5) is 0 Å². The van der Waals surface area contributed by atoms with E-state index in [1.54, 1.807) is 12.4 Å². The second-order valence-corrected chi connectivity index (χ2v) is 6.48. The Labute approximate surface area is 148 Å². The summed E-state index contributed by atoms with van der Waals surface area (Å²) in [5, 5.41) is 10.3. The lowest BCUT2D eigenvalue weighted by molar-refractivity contribution is 0.298. The van der Waals surface area contributed by atoms with Crippen LogP contribution in [0.5, 0.6) is 0 Å². The van der Waals surface area contributed by atoms with E-state index in [1.165, 1.54) is 11.3 Å². The Morgan fingerprint density at radius 3 is 2.88 bits per heavy atom. The van der Waals surface area contributed by atoms with Crippen molar-refractivity contribution >= 4 is 11.0 Å². The average molecular weight is 336 g/mol. The van der Waals surface area contributed by atoms with Gasteiger partial charge in [-0.05, 0) is 30.2 Å². The van der Waals surface area contributed by atoms with Crippen LogP contribution in [0.15, 0.2) is 48.2 Å². The van der Waals surface area contributed by atoms with E-state index in [0.29, 0.717) is 0 Å². The molecule has 3 heterocycles. The van der Waals surface area contributed by atoms with Gasteiger partial charge in [0.1, 0.15) is 0 Å². The third-order valence-electron chi connectivity index (χ3n) is 4.70. The number of hydrogen-bond acceptors (Lipinski definition) is 6. The number of piperazine rings is 1. The molecular formula is C19H24N6. The Hall–Kier alpha value is -2.60. The minimum Gasteiger partial charge on any atom is -0.386 e. The molecule has 1 saturated heterocycles. The van der Waals surface area contributed by atoms with Gasteiger partial charge in [0.15, 0.2) is 0 Å². The Morgan fingerprint density at radius 1 is 1.16 bits per heavy atom. The molecule has 1 fully saturated rings. The molecule has 130 valence electrons. The zero-order chi connectivity index (χ0) is 17.1. The van der Waals surface area contributed by atoms with Crippen LogP contribution < -0.4 is 16.0 Å². The summed E-state index contributed by atoms with van der Waals surface area (Å²) in [7, 11) is 0. The van der Waals surface area contributed by atoms with Gasteiger partial charge >= 0.3 is 0 Å². The number of aromatic nitrogens is 2. The number of nitrogens with zero attached hydrogens (tertiary/aromatic N) is 3. The quantitative estimate of drug-likeness (QED) is 0.781. The van der Waals surface area contributed by atoms with Gasteiger partial charge in [-0.2, -0.15) is 0 Å². The number of aryl methyl sites for hydroxylation is 1. The zero-order valence-corrected chi connectivity index (χ0v) is 14.5. The van der Waals surface area contributed by atoms with Gasteiger partial charge in [0.25, 0.3) is 0 Å². The van der Waals surface area contributed by atoms with Crippen molar-refractivity contribution in [3.8, 4) is 0 Å². The van der Waals surface area contributed by atoms with Crippen molar-refractivity contribution < 1.29 is 0 Å². The van der Waals surface area contributed by atoms with Crippen LogP contribution in [0, 0.1) is 6.92 Å². The summed E-state index contributed by atoms with van der Waals surface area (Å²) in [5.74, 6) is 0. The van der Waals surface area contributed by atoms with Crippen LogP contribution in [-0.4, -0.2) is 47.6 Å². The molecule has 4 rings (SSSR count). The zero-order valence-electron chi connectivity index (χ0n) is 14.5. The van der Waals surface area contributed by atoms with Crippen molar-refractivity contribution in [2.24, 2.45) is 0 Å². The average Bonchev–Trinajstić information content (AvgIpc) is 2.67. The highest BCUT2D eigenvalue weighted by Crippen LogP contribution is 2.19. The molecule has 6 nitrogen and oxygen atoms in total. The molecule has 1 aromatic heterocycles. The molecule has 2 aliphatic rings. The number of fused-ring (bicyclic) bond motifs is 1. The van der Waals surface area contributed by atoms with Crippen molar-refractivity contribution in [3.63, 3.8) is 0 Å². The number of dihydropyridines is 1. The van der Waals surface area contributed by atoms with Crippen molar-refractivity contribution in [3.05, 3.63) is 59.3 Å². The highest BCUT2D eigenvalue weighted by molar-refractivity contribution is 5.78. The van der Waals surface area contributed by atoms with E-state index in [4.69, 9.17) is 0 Å². The van der Waals surface area contributed by atoms with E-state index in [2.05, 4.69) is 62.2 Å². The van der Waals surface area contributed by atoms with Crippen LogP contribution in [0.3, 0.4) is 0 Å². The third kappa shape index (κ3) is 3.44. The van der Waals surface area contributed by atoms with Gasteiger partial charge in [-0.1, -0.05) is 6.07 Å². The molecule has 0 spiro atoms. The molecule has 0 bridgehead atoms. The van der Waals surface area contributed by atoms with Crippen LogP contribution in [0.1, 0.15) is 11.1 Å². The summed E-state index contributed by atoms with van der Waals surface area (Å²) in [6.45, 7) is 7.93. The topological polar surface area (TPSA) is 65.1 Å². The SMILES string of the molecule is Cc1cc(CNC2=CNCC=C2N2CCNCC2)cc2nccnc12. The fourth-order valence-corrected chi connectivity index (χ4v) is 3.47. The first kappa shape index (κ1) is 15.9. The second-order valence-electron chi connectivity index (χ2n) is 6.48. The van der Waals surface area contributed by atoms with Crippen molar-refractivity contribution in [1.29, 1.82) is 0 Å². The van der Waals surface area contributed by atoms with E-state index >= 15 is 0 Å². The summed E-state index contributed by atoms with van der Waals surface area (Å²) in [6, 6.07) is 4.31. The highest BCUT2D eigenvalue weighted by atomic mass is 15.2. The summed E-state index contributed by atoms with van der Waals surface area (Å²) in [5.41, 5.74) is 6.77. The summed E-state index contributed by atoms with van der Waals surface area (Å²) >= 11 is 0. The maximum atomic E-state index is 4.44. The molecule has 25 heavy (non-hydrogen) atoms. The molecule has 0 unspecified atom stereocenters. The lowest BCUT2D eigenvalue weighted by Crippen LogP contribution is -2.45. The van der Waals surface area contributed by atoms with Crippen molar-refractivity contribution in [1.82, 2.24) is 30.8 Å². The van der Waals surface area contributed by atoms with Gasteiger partial charge in [-0.15, -0.1) is 0 Å². The van der Waals surface area contributed by atoms with Crippen molar-refractivity contribution in [2.45, 2.75) is 13.5 Å². The Bertz CT molecular complexity index is 820. The number of rotatable bonds is 4. The van der Waals surface area contributed by atoms with E-state index in [9.17, 15) is 0 Å². The largest absolute Gasteiger partial charge is 0.386 e. The molecule has 3 N–H and O–H groups in total. The summed E-state index contributed by atoms with van der Waals surface area (Å²) in [6.07, 6.45) is 7.85. The van der Waals surface area contributed by atoms with Gasteiger partial charge in [0, 0.05) is 57.9 Å². The van der Waals surface area contributed by atoms with Crippen LogP contribution in [0.25, 0.3) is 11.0 Å². The van der Waals surface area contributed by atoms with Crippen LogP contribution >= 0.6 is 0 Å². The normalized spacial score (nSPS) is 17.7. The molecule has 0 amide bonds. The third-order valence-corrected chi connectivity index (χ3v) is 4.70. The van der Waals surface area contributed by atoms with Gasteiger partial charge < -0.3 is 20.9 Å². The van der Waals surface area contributed by atoms with Crippen molar-refractivity contribution in [2.75, 3.05) is 32.7 Å². The van der Waals surface area contributed by atoms with Crippen LogP contribution in [-0.2, 0) is 6.54 Å². The first-order chi connectivity index (χ1) is 12.3. The Kier molecular flexibility index (Phi) is 4.52. The first-order valence-electron chi connectivity index (χ1n) is 8.85. The monoisotopic (exact) mass is 336 g/mol. The molecule has 0 saturated carbocycles. The maximum Gasteiger partial charge on any atom is 0.0916 e. The van der Waals surface area contributed by atoms with Gasteiger partial charge in [-0.3, -0.25) is 9.97 Å². The predicted molar refractivity (Wildman–Crippen MR) is 99.7 cm³/mol. The number of benzene rings is 1. The molecular weight excluding hydrogens is 312 g/mol. The van der Waals surface area contributed by atoms with Gasteiger partial charge in [-0.25, -0.2) is 0 Å². The first-order valence-corrected chi connectivity index (χ1v) is 8.85. The van der Waals surface area contributed by atoms with E-state index in [1.807, 2.05) is 0 Å². The fraction of sp³-hybridized carbons (Fsp3) is 0.368. The molecule has 2 aromatic rings. The van der Waals surface area contributed by atoms with E-state index < -0.39 is 0 Å². The Balaban J connectivity index is 1.50. The number of nitrogens with one attached hydrogen (secondary N) is 3. The predicted octanol–water partition coefficient (Wildman–Crippen LogP) is 1.26. The molecule has 0 atom stereocenters.